The zero-order valence-electron chi connectivity index (χ0n) is 36.9. The Kier molecular flexibility index (Phi) is 16.4. The summed E-state index contributed by atoms with van der Waals surface area (Å²) >= 11 is 3.56. The lowest BCUT2D eigenvalue weighted by Crippen LogP contribution is -2.50. The highest BCUT2D eigenvalue weighted by atomic mass is 79.9. The second kappa shape index (κ2) is 22.0. The number of nitrogens with one attached hydrogen (secondary N) is 1. The van der Waals surface area contributed by atoms with Crippen molar-refractivity contribution in [2.75, 3.05) is 63.3 Å². The molecule has 0 radical (unpaired) electrons. The van der Waals surface area contributed by atoms with Crippen LogP contribution in [0.2, 0.25) is 0 Å². The fraction of sp³-hybridized carbons (Fsp3) is 0.420. The third kappa shape index (κ3) is 11.9. The Morgan fingerprint density at radius 1 is 0.839 bits per heavy atom. The minimum Gasteiger partial charge on any atom is -0.493 e. The van der Waals surface area contributed by atoms with Crippen LogP contribution in [-0.4, -0.2) is 91.6 Å². The van der Waals surface area contributed by atoms with Gasteiger partial charge in [0, 0.05) is 71.9 Å². The summed E-state index contributed by atoms with van der Waals surface area (Å²) in [7, 11) is 1.81. The first-order valence-corrected chi connectivity index (χ1v) is 23.0. The second-order valence-corrected chi connectivity index (χ2v) is 17.3. The van der Waals surface area contributed by atoms with E-state index < -0.39 is 11.6 Å². The maximum Gasteiger partial charge on any atom is 0.410 e. The van der Waals surface area contributed by atoms with Crippen molar-refractivity contribution in [3.63, 3.8) is 0 Å². The van der Waals surface area contributed by atoms with Crippen molar-refractivity contribution in [1.29, 1.82) is 0 Å². The van der Waals surface area contributed by atoms with Crippen LogP contribution in [0.25, 0.3) is 27.2 Å². The van der Waals surface area contributed by atoms with Gasteiger partial charge in [-0.25, -0.2) is 9.59 Å². The van der Waals surface area contributed by atoms with E-state index in [1.807, 2.05) is 101 Å². The van der Waals surface area contributed by atoms with E-state index >= 15 is 0 Å². The molecule has 1 fully saturated rings. The van der Waals surface area contributed by atoms with Crippen molar-refractivity contribution < 1.29 is 28.5 Å². The molecule has 1 saturated heterocycles. The fourth-order valence-electron chi connectivity index (χ4n) is 7.93. The smallest absolute Gasteiger partial charge is 0.410 e. The van der Waals surface area contributed by atoms with Crippen LogP contribution in [-0.2, 0) is 15.9 Å². The van der Waals surface area contributed by atoms with Gasteiger partial charge in [0.1, 0.15) is 29.4 Å². The summed E-state index contributed by atoms with van der Waals surface area (Å²) in [6.45, 7) is 10.9. The lowest BCUT2D eigenvalue weighted by atomic mass is 9.92. The Labute approximate surface area is 374 Å². The number of rotatable bonds is 19. The number of carbonyl (C=O) groups is 2. The van der Waals surface area contributed by atoms with Crippen LogP contribution in [0.3, 0.4) is 0 Å². The maximum atomic E-state index is 13.5. The van der Waals surface area contributed by atoms with Crippen LogP contribution in [0.15, 0.2) is 95.6 Å². The van der Waals surface area contributed by atoms with Crippen molar-refractivity contribution in [2.45, 2.75) is 78.2 Å². The number of aryl methyl sites for hydroxylation is 1. The van der Waals surface area contributed by atoms with Gasteiger partial charge in [0.15, 0.2) is 0 Å². The van der Waals surface area contributed by atoms with Gasteiger partial charge < -0.3 is 39.5 Å². The molecule has 0 bridgehead atoms. The highest BCUT2D eigenvalue weighted by Gasteiger charge is 2.27. The maximum absolute atomic E-state index is 13.5. The lowest BCUT2D eigenvalue weighted by molar-refractivity contribution is 0.0240. The zero-order valence-corrected chi connectivity index (χ0v) is 38.5. The molecule has 0 aliphatic carbocycles. The van der Waals surface area contributed by atoms with Crippen molar-refractivity contribution in [1.82, 2.24) is 9.88 Å². The molecular weight excluding hydrogens is 846 g/mol. The van der Waals surface area contributed by atoms with Gasteiger partial charge >= 0.3 is 12.1 Å². The number of para-hydroxylation sites is 1. The van der Waals surface area contributed by atoms with E-state index in [0.29, 0.717) is 62.8 Å². The molecule has 11 nitrogen and oxygen atoms in total. The number of aromatic amines is 1. The summed E-state index contributed by atoms with van der Waals surface area (Å²) in [6.07, 6.45) is 6.02. The highest BCUT2D eigenvalue weighted by molar-refractivity contribution is 9.09. The zero-order chi connectivity index (χ0) is 44.1. The standard InChI is InChI=1S/C50H62BrN5O6/c1-6-59-48(57)47-40(21-15-33-60-44-23-13-17-35-16-10-11-18-38(35)44)39-19-14-20-41(46(39)54-47)45(43(53-5)22-9-7-8-12-28-51)42(52)34-61-37-26-24-36(25-27-37)55-29-31-56(32-30-55)49(58)62-50(2,3)4/h10-11,13-14,16-20,23-27,54H,6-9,12,15,21-22,28-34,52H2,1-5H3. The van der Waals surface area contributed by atoms with Crippen LogP contribution in [0.5, 0.6) is 11.5 Å². The van der Waals surface area contributed by atoms with Gasteiger partial charge in [0.05, 0.1) is 24.4 Å². The number of H-pyrrole nitrogens is 1. The minimum absolute atomic E-state index is 0.131. The van der Waals surface area contributed by atoms with Gasteiger partial charge in [-0.3, -0.25) is 4.99 Å². The summed E-state index contributed by atoms with van der Waals surface area (Å²) in [5, 5.41) is 4.11. The number of piperazine rings is 1. The summed E-state index contributed by atoms with van der Waals surface area (Å²) in [6, 6.07) is 28.4. The third-order valence-corrected chi connectivity index (χ3v) is 11.5. The minimum atomic E-state index is -0.524. The van der Waals surface area contributed by atoms with Gasteiger partial charge in [0.25, 0.3) is 0 Å². The number of halogens is 1. The van der Waals surface area contributed by atoms with Gasteiger partial charge in [-0.2, -0.15) is 0 Å². The first-order valence-electron chi connectivity index (χ1n) is 21.9. The predicted octanol–water partition coefficient (Wildman–Crippen LogP) is 10.7. The fourth-order valence-corrected chi connectivity index (χ4v) is 8.33. The number of hydrogen-bond donors (Lipinski definition) is 2. The molecule has 62 heavy (non-hydrogen) atoms. The van der Waals surface area contributed by atoms with E-state index in [-0.39, 0.29) is 19.3 Å². The Hall–Kier alpha value is -5.49. The molecule has 1 aliphatic heterocycles. The average molecular weight is 909 g/mol. The van der Waals surface area contributed by atoms with E-state index in [2.05, 4.69) is 44.0 Å². The molecule has 330 valence electrons. The first-order chi connectivity index (χ1) is 30.0. The monoisotopic (exact) mass is 907 g/mol. The van der Waals surface area contributed by atoms with E-state index in [1.54, 1.807) is 4.90 Å². The molecule has 0 saturated carbocycles. The number of anilines is 1. The Morgan fingerprint density at radius 3 is 2.27 bits per heavy atom. The summed E-state index contributed by atoms with van der Waals surface area (Å²) in [5.41, 5.74) is 12.8. The number of hydrogen-bond acceptors (Lipinski definition) is 9. The molecule has 1 aliphatic rings. The third-order valence-electron chi connectivity index (χ3n) is 11.0. The summed E-state index contributed by atoms with van der Waals surface area (Å²) < 4.78 is 23.8. The molecular formula is C50H62BrN5O6. The van der Waals surface area contributed by atoms with Gasteiger partial charge in [-0.05, 0) is 101 Å². The van der Waals surface area contributed by atoms with Crippen molar-refractivity contribution >= 4 is 66.6 Å². The number of esters is 1. The molecule has 2 heterocycles. The molecule has 4 aromatic carbocycles. The molecule has 0 unspecified atom stereocenters. The highest BCUT2D eigenvalue weighted by Crippen LogP contribution is 2.34. The number of allylic oxidation sites excluding steroid dienone is 1. The number of aliphatic imine (C=N–C) groups is 1. The van der Waals surface area contributed by atoms with E-state index in [9.17, 15) is 9.59 Å². The molecule has 6 rings (SSSR count). The molecule has 3 N–H and O–H groups in total. The first kappa shape index (κ1) is 46.0. The number of alkyl halides is 1. The van der Waals surface area contributed by atoms with Crippen LogP contribution < -0.4 is 20.1 Å². The largest absolute Gasteiger partial charge is 0.493 e. The normalized spacial score (nSPS) is 13.9. The number of nitrogens with zero attached hydrogens (tertiary/aromatic N) is 3. The molecule has 0 atom stereocenters. The Balaban J connectivity index is 1.23. The number of benzene rings is 4. The molecule has 0 spiro atoms. The summed E-state index contributed by atoms with van der Waals surface area (Å²) in [5.74, 6) is 1.13. The Bertz CT molecular complexity index is 2330. The van der Waals surface area contributed by atoms with Crippen molar-refractivity contribution in [3.05, 3.63) is 107 Å². The molecule has 1 aromatic heterocycles. The van der Waals surface area contributed by atoms with Gasteiger partial charge in [-0.15, -0.1) is 0 Å². The van der Waals surface area contributed by atoms with Crippen molar-refractivity contribution in [3.8, 4) is 11.5 Å². The number of nitrogens with two attached hydrogens (primary N) is 1. The SMILES string of the molecule is CCOC(=O)c1[nH]c2c(C(C(CCCCCCBr)=NC)=C(N)COc3ccc(N4CCN(C(=O)OC(C)(C)C)CC4)cc3)cccc2c1CCCOc1cccc2ccccc12. The van der Waals surface area contributed by atoms with Gasteiger partial charge in [-0.1, -0.05) is 83.4 Å². The lowest BCUT2D eigenvalue weighted by Gasteiger charge is -2.36. The van der Waals surface area contributed by atoms with Crippen LogP contribution in [0, 0.1) is 0 Å². The van der Waals surface area contributed by atoms with E-state index in [4.69, 9.17) is 29.7 Å². The molecule has 12 heteroatoms. The number of aromatic nitrogens is 1. The molecule has 5 aromatic rings. The number of ether oxygens (including phenoxy) is 4. The quantitative estimate of drug-likeness (QED) is 0.0362. The van der Waals surface area contributed by atoms with Crippen LogP contribution >= 0.6 is 15.9 Å². The van der Waals surface area contributed by atoms with Gasteiger partial charge in [0.2, 0.25) is 0 Å². The number of carbonyl (C=O) groups excluding carboxylic acids is 2. The second-order valence-electron chi connectivity index (χ2n) is 16.5. The van der Waals surface area contributed by atoms with E-state index in [1.165, 1.54) is 0 Å². The topological polar surface area (TPSA) is 132 Å². The van der Waals surface area contributed by atoms with Crippen LogP contribution in [0.4, 0.5) is 10.5 Å². The van der Waals surface area contributed by atoms with E-state index in [0.717, 1.165) is 93.0 Å². The summed E-state index contributed by atoms with van der Waals surface area (Å²) in [4.78, 5) is 38.5. The van der Waals surface area contributed by atoms with Crippen LogP contribution in [0.1, 0.15) is 87.8 Å². The Morgan fingerprint density at radius 2 is 1.55 bits per heavy atom. The number of unbranched alkanes of at least 4 members (excludes halogenated alkanes) is 3. The average Bonchev–Trinajstić information content (AvgIpc) is 3.65. The molecule has 1 amide bonds. The number of amides is 1. The predicted molar refractivity (Wildman–Crippen MR) is 255 cm³/mol. The van der Waals surface area contributed by atoms with Crippen molar-refractivity contribution in [2.24, 2.45) is 10.7 Å². The number of fused-ring (bicyclic) bond motifs is 2.